The summed E-state index contributed by atoms with van der Waals surface area (Å²) in [6.07, 6.45) is 1.31. The molecule has 16 heavy (non-hydrogen) atoms. The molecule has 0 spiro atoms. The van der Waals surface area contributed by atoms with Crippen LogP contribution in [0.1, 0.15) is 25.8 Å². The van der Waals surface area contributed by atoms with E-state index in [1.807, 2.05) is 13.8 Å². The summed E-state index contributed by atoms with van der Waals surface area (Å²) in [7, 11) is 0. The fourth-order valence-electron chi connectivity index (χ4n) is 1.32. The molecule has 1 rings (SSSR count). The highest BCUT2D eigenvalue weighted by atomic mass is 19.1. The van der Waals surface area contributed by atoms with Crippen molar-refractivity contribution < 1.29 is 9.31 Å². The molecule has 0 radical (unpaired) electrons. The van der Waals surface area contributed by atoms with Crippen molar-refractivity contribution in [3.8, 4) is 0 Å². The third kappa shape index (κ3) is 3.58. The second-order valence-corrected chi connectivity index (χ2v) is 4.53. The van der Waals surface area contributed by atoms with Crippen LogP contribution < -0.4 is 5.73 Å². The minimum absolute atomic E-state index is 0.321. The second kappa shape index (κ2) is 4.57. The normalized spacial score (nSPS) is 11.5. The molecule has 0 fully saturated rings. The van der Waals surface area contributed by atoms with E-state index in [9.17, 15) is 14.5 Å². The summed E-state index contributed by atoms with van der Waals surface area (Å²) in [5.74, 6) is -0.794. The summed E-state index contributed by atoms with van der Waals surface area (Å²) in [4.78, 5) is 9.67. The van der Waals surface area contributed by atoms with Crippen molar-refractivity contribution >= 4 is 5.69 Å². The summed E-state index contributed by atoms with van der Waals surface area (Å²) in [5, 5.41) is 10.4. The lowest BCUT2D eigenvalue weighted by Gasteiger charge is -2.17. The summed E-state index contributed by atoms with van der Waals surface area (Å²) in [5.41, 5.74) is 5.71. The van der Waals surface area contributed by atoms with E-state index in [0.29, 0.717) is 12.8 Å². The van der Waals surface area contributed by atoms with Gasteiger partial charge in [0.25, 0.3) is 0 Å². The molecule has 0 saturated heterocycles. The molecule has 0 aliphatic carbocycles. The molecule has 0 bridgehead atoms. The Hall–Kier alpha value is -1.49. The summed E-state index contributed by atoms with van der Waals surface area (Å²) < 4.78 is 13.2. The average molecular weight is 226 g/mol. The maximum absolute atomic E-state index is 13.2. The third-order valence-electron chi connectivity index (χ3n) is 2.27. The van der Waals surface area contributed by atoms with Crippen molar-refractivity contribution in [1.82, 2.24) is 0 Å². The van der Waals surface area contributed by atoms with Gasteiger partial charge in [-0.3, -0.25) is 10.1 Å². The van der Waals surface area contributed by atoms with Gasteiger partial charge in [0.15, 0.2) is 0 Å². The number of rotatable bonds is 4. The van der Waals surface area contributed by atoms with Crippen molar-refractivity contribution in [2.24, 2.45) is 5.73 Å². The van der Waals surface area contributed by atoms with Crippen LogP contribution in [0.3, 0.4) is 0 Å². The number of hydrogen-bond acceptors (Lipinski definition) is 3. The predicted octanol–water partition coefficient (Wildman–Crippen LogP) is 2.40. The Balaban J connectivity index is 2.78. The van der Waals surface area contributed by atoms with Crippen molar-refractivity contribution in [1.29, 1.82) is 0 Å². The van der Waals surface area contributed by atoms with Crippen molar-refractivity contribution in [2.75, 3.05) is 0 Å². The first-order chi connectivity index (χ1) is 7.29. The van der Waals surface area contributed by atoms with Crippen LogP contribution in [-0.2, 0) is 6.42 Å². The molecule has 0 amide bonds. The van der Waals surface area contributed by atoms with Crippen LogP contribution in [0.4, 0.5) is 10.1 Å². The molecule has 2 N–H and O–H groups in total. The standard InChI is InChI=1S/C11H15FN2O2/c1-11(2,13)6-5-8-3-4-10(14(15)16)9(12)7-8/h3-4,7H,5-6,13H2,1-2H3. The van der Waals surface area contributed by atoms with E-state index < -0.39 is 16.4 Å². The zero-order chi connectivity index (χ0) is 12.3. The molecule has 1 aromatic carbocycles. The van der Waals surface area contributed by atoms with Gasteiger partial charge in [-0.25, -0.2) is 0 Å². The van der Waals surface area contributed by atoms with Crippen LogP contribution >= 0.6 is 0 Å². The summed E-state index contributed by atoms with van der Waals surface area (Å²) >= 11 is 0. The number of nitro benzene ring substituents is 1. The second-order valence-electron chi connectivity index (χ2n) is 4.53. The van der Waals surface area contributed by atoms with Gasteiger partial charge in [0.2, 0.25) is 5.82 Å². The molecule has 88 valence electrons. The van der Waals surface area contributed by atoms with E-state index in [2.05, 4.69) is 0 Å². The highest BCUT2D eigenvalue weighted by Crippen LogP contribution is 2.19. The smallest absolute Gasteiger partial charge is 0.304 e. The van der Waals surface area contributed by atoms with Gasteiger partial charge in [-0.15, -0.1) is 0 Å². The summed E-state index contributed by atoms with van der Waals surface area (Å²) in [6.45, 7) is 3.77. The highest BCUT2D eigenvalue weighted by Gasteiger charge is 2.15. The lowest BCUT2D eigenvalue weighted by atomic mass is 9.96. The van der Waals surface area contributed by atoms with Crippen molar-refractivity contribution in [2.45, 2.75) is 32.2 Å². The molecule has 4 nitrogen and oxygen atoms in total. The quantitative estimate of drug-likeness (QED) is 0.633. The molecular weight excluding hydrogens is 211 g/mol. The fourth-order valence-corrected chi connectivity index (χ4v) is 1.32. The Kier molecular flexibility index (Phi) is 3.59. The first-order valence-corrected chi connectivity index (χ1v) is 5.01. The molecule has 0 atom stereocenters. The van der Waals surface area contributed by atoms with Gasteiger partial charge in [0.1, 0.15) is 0 Å². The van der Waals surface area contributed by atoms with Crippen LogP contribution in [0, 0.1) is 15.9 Å². The molecule has 0 heterocycles. The van der Waals surface area contributed by atoms with Gasteiger partial charge in [-0.05, 0) is 38.3 Å². The van der Waals surface area contributed by atoms with Crippen molar-refractivity contribution in [3.63, 3.8) is 0 Å². The zero-order valence-corrected chi connectivity index (χ0v) is 9.37. The van der Waals surface area contributed by atoms with Crippen LogP contribution in [-0.4, -0.2) is 10.5 Å². The Morgan fingerprint density at radius 3 is 2.56 bits per heavy atom. The maximum Gasteiger partial charge on any atom is 0.304 e. The SMILES string of the molecule is CC(C)(N)CCc1ccc([N+](=O)[O-])c(F)c1. The molecule has 0 aliphatic heterocycles. The van der Waals surface area contributed by atoms with Gasteiger partial charge in [-0.1, -0.05) is 6.07 Å². The third-order valence-corrected chi connectivity index (χ3v) is 2.27. The first kappa shape index (κ1) is 12.6. The highest BCUT2D eigenvalue weighted by molar-refractivity contribution is 5.35. The van der Waals surface area contributed by atoms with Crippen molar-refractivity contribution in [3.05, 3.63) is 39.7 Å². The number of aryl methyl sites for hydroxylation is 1. The number of nitrogens with zero attached hydrogens (tertiary/aromatic N) is 1. The monoisotopic (exact) mass is 226 g/mol. The lowest BCUT2D eigenvalue weighted by Crippen LogP contribution is -2.32. The number of hydrogen-bond donors (Lipinski definition) is 1. The molecule has 0 aromatic heterocycles. The first-order valence-electron chi connectivity index (χ1n) is 5.01. The lowest BCUT2D eigenvalue weighted by molar-refractivity contribution is -0.387. The van der Waals surface area contributed by atoms with E-state index >= 15 is 0 Å². The molecule has 1 aromatic rings. The molecule has 0 aliphatic rings. The fraction of sp³-hybridized carbons (Fsp3) is 0.455. The van der Waals surface area contributed by atoms with Gasteiger partial charge >= 0.3 is 5.69 Å². The average Bonchev–Trinajstić information content (AvgIpc) is 2.13. The topological polar surface area (TPSA) is 69.2 Å². The van der Waals surface area contributed by atoms with Crippen LogP contribution in [0.5, 0.6) is 0 Å². The minimum Gasteiger partial charge on any atom is -0.326 e. The molecule has 0 saturated carbocycles. The van der Waals surface area contributed by atoms with Crippen LogP contribution in [0.2, 0.25) is 0 Å². The molecule has 5 heteroatoms. The van der Waals surface area contributed by atoms with E-state index in [4.69, 9.17) is 5.73 Å². The van der Waals surface area contributed by atoms with Gasteiger partial charge < -0.3 is 5.73 Å². The Morgan fingerprint density at radius 2 is 2.12 bits per heavy atom. The Bertz CT molecular complexity index is 399. The molecular formula is C11H15FN2O2. The van der Waals surface area contributed by atoms with E-state index in [1.54, 1.807) is 6.07 Å². The molecule has 0 unspecified atom stereocenters. The van der Waals surface area contributed by atoms with Gasteiger partial charge in [0.05, 0.1) is 4.92 Å². The van der Waals surface area contributed by atoms with E-state index in [-0.39, 0.29) is 5.54 Å². The Morgan fingerprint density at radius 1 is 1.50 bits per heavy atom. The van der Waals surface area contributed by atoms with Crippen LogP contribution in [0.15, 0.2) is 18.2 Å². The number of nitrogens with two attached hydrogens (primary N) is 1. The van der Waals surface area contributed by atoms with Gasteiger partial charge in [-0.2, -0.15) is 4.39 Å². The zero-order valence-electron chi connectivity index (χ0n) is 9.37. The number of nitro groups is 1. The Labute approximate surface area is 93.4 Å². The van der Waals surface area contributed by atoms with Crippen LogP contribution in [0.25, 0.3) is 0 Å². The minimum atomic E-state index is -0.794. The summed E-state index contributed by atoms with van der Waals surface area (Å²) in [6, 6.07) is 3.95. The number of halogens is 1. The van der Waals surface area contributed by atoms with E-state index in [0.717, 1.165) is 5.56 Å². The largest absolute Gasteiger partial charge is 0.326 e. The van der Waals surface area contributed by atoms with E-state index in [1.165, 1.54) is 12.1 Å². The van der Waals surface area contributed by atoms with Gasteiger partial charge in [0, 0.05) is 11.6 Å². The maximum atomic E-state index is 13.2. The predicted molar refractivity (Wildman–Crippen MR) is 59.6 cm³/mol. The number of benzene rings is 1.